The lowest BCUT2D eigenvalue weighted by Gasteiger charge is -2.37. The molecule has 2 aromatic carbocycles. The molecule has 6 nitrogen and oxygen atoms in total. The van der Waals surface area contributed by atoms with Crippen LogP contribution in [0.2, 0.25) is 0 Å². The van der Waals surface area contributed by atoms with Gasteiger partial charge in [-0.05, 0) is 30.9 Å². The molecule has 0 aliphatic carbocycles. The van der Waals surface area contributed by atoms with Gasteiger partial charge in [-0.2, -0.15) is 0 Å². The van der Waals surface area contributed by atoms with E-state index in [4.69, 9.17) is 4.74 Å². The molecule has 0 spiro atoms. The van der Waals surface area contributed by atoms with Gasteiger partial charge in [0.2, 0.25) is 0 Å². The molecule has 0 bridgehead atoms. The Labute approximate surface area is 159 Å². The van der Waals surface area contributed by atoms with Gasteiger partial charge in [-0.1, -0.05) is 30.3 Å². The van der Waals surface area contributed by atoms with E-state index in [1.54, 1.807) is 12.1 Å². The number of nitrogens with zero attached hydrogens (tertiary/aromatic N) is 3. The first-order valence-electron chi connectivity index (χ1n) is 9.65. The van der Waals surface area contributed by atoms with Gasteiger partial charge < -0.3 is 9.64 Å². The summed E-state index contributed by atoms with van der Waals surface area (Å²) in [6, 6.07) is 15.5. The van der Waals surface area contributed by atoms with Crippen LogP contribution in [0.4, 0.5) is 11.4 Å². The Bertz CT molecular complexity index is 791. The van der Waals surface area contributed by atoms with E-state index in [2.05, 4.69) is 21.9 Å². The topological polar surface area (TPSA) is 58.9 Å². The highest BCUT2D eigenvalue weighted by atomic mass is 16.6. The summed E-state index contributed by atoms with van der Waals surface area (Å²) in [5.41, 5.74) is 3.34. The first-order chi connectivity index (χ1) is 13.2. The van der Waals surface area contributed by atoms with Gasteiger partial charge in [0.25, 0.3) is 5.69 Å². The van der Waals surface area contributed by atoms with E-state index in [9.17, 15) is 10.1 Å². The molecular formula is C21H25N3O3. The Kier molecular flexibility index (Phi) is 5.36. The fourth-order valence-corrected chi connectivity index (χ4v) is 4.05. The fraction of sp³-hybridized carbons (Fsp3) is 0.429. The number of rotatable bonds is 5. The van der Waals surface area contributed by atoms with Gasteiger partial charge in [0.15, 0.2) is 0 Å². The van der Waals surface area contributed by atoms with E-state index >= 15 is 0 Å². The minimum absolute atomic E-state index is 0.127. The van der Waals surface area contributed by atoms with Crippen molar-refractivity contribution in [2.75, 3.05) is 31.1 Å². The summed E-state index contributed by atoms with van der Waals surface area (Å²) >= 11 is 0. The summed E-state index contributed by atoms with van der Waals surface area (Å²) in [7, 11) is 0. The van der Waals surface area contributed by atoms with Crippen molar-refractivity contribution in [2.24, 2.45) is 0 Å². The highest BCUT2D eigenvalue weighted by Crippen LogP contribution is 2.37. The minimum Gasteiger partial charge on any atom is -0.371 e. The second kappa shape index (κ2) is 8.06. The van der Waals surface area contributed by atoms with Crippen LogP contribution in [0.25, 0.3) is 0 Å². The summed E-state index contributed by atoms with van der Waals surface area (Å²) in [5.74, 6) is 0. The highest BCUT2D eigenvalue weighted by Gasteiger charge is 2.30. The molecule has 0 radical (unpaired) electrons. The van der Waals surface area contributed by atoms with E-state index in [0.717, 1.165) is 56.7 Å². The second-order valence-corrected chi connectivity index (χ2v) is 7.23. The molecular weight excluding hydrogens is 342 g/mol. The predicted octanol–water partition coefficient (Wildman–Crippen LogP) is 4.12. The molecule has 0 saturated carbocycles. The molecule has 0 aromatic heterocycles. The van der Waals surface area contributed by atoms with Gasteiger partial charge in [0, 0.05) is 49.6 Å². The van der Waals surface area contributed by atoms with Gasteiger partial charge >= 0.3 is 0 Å². The molecule has 0 unspecified atom stereocenters. The molecule has 2 fully saturated rings. The highest BCUT2D eigenvalue weighted by molar-refractivity contribution is 5.59. The van der Waals surface area contributed by atoms with Crippen LogP contribution in [0, 0.1) is 10.1 Å². The van der Waals surface area contributed by atoms with Gasteiger partial charge in [-0.25, -0.2) is 0 Å². The number of nitro groups is 1. The maximum Gasteiger partial charge on any atom is 0.270 e. The molecule has 2 aromatic rings. The lowest BCUT2D eigenvalue weighted by Crippen LogP contribution is -2.37. The van der Waals surface area contributed by atoms with Crippen molar-refractivity contribution in [3.63, 3.8) is 0 Å². The maximum absolute atomic E-state index is 11.4. The summed E-state index contributed by atoms with van der Waals surface area (Å²) in [6.07, 6.45) is 3.04. The van der Waals surface area contributed by atoms with E-state index in [0.29, 0.717) is 6.61 Å². The number of nitro benzene ring substituents is 1. The van der Waals surface area contributed by atoms with Crippen LogP contribution in [-0.2, 0) is 11.3 Å². The zero-order chi connectivity index (χ0) is 18.6. The van der Waals surface area contributed by atoms with E-state index in [-0.39, 0.29) is 16.8 Å². The Morgan fingerprint density at radius 3 is 2.56 bits per heavy atom. The number of ether oxygens (including phenoxy) is 1. The average Bonchev–Trinajstić information content (AvgIpc) is 3.23. The zero-order valence-electron chi connectivity index (χ0n) is 15.4. The van der Waals surface area contributed by atoms with Crippen molar-refractivity contribution in [2.45, 2.75) is 32.0 Å². The summed E-state index contributed by atoms with van der Waals surface area (Å²) < 4.78 is 6.16. The van der Waals surface area contributed by atoms with Crippen molar-refractivity contribution in [1.29, 1.82) is 0 Å². The van der Waals surface area contributed by atoms with Gasteiger partial charge in [-0.15, -0.1) is 0 Å². The van der Waals surface area contributed by atoms with Crippen molar-refractivity contribution in [3.05, 3.63) is 69.8 Å². The third-order valence-electron chi connectivity index (χ3n) is 5.36. The van der Waals surface area contributed by atoms with Crippen molar-refractivity contribution in [1.82, 2.24) is 4.90 Å². The Morgan fingerprint density at radius 1 is 1.04 bits per heavy atom. The number of benzene rings is 2. The molecule has 2 saturated heterocycles. The minimum atomic E-state index is -0.318. The smallest absolute Gasteiger partial charge is 0.270 e. The van der Waals surface area contributed by atoms with E-state index in [1.165, 1.54) is 5.56 Å². The van der Waals surface area contributed by atoms with Crippen LogP contribution in [-0.4, -0.2) is 36.1 Å². The molecule has 4 rings (SSSR count). The summed E-state index contributed by atoms with van der Waals surface area (Å²) in [4.78, 5) is 15.7. The molecule has 2 aliphatic rings. The van der Waals surface area contributed by atoms with Crippen molar-refractivity contribution < 1.29 is 9.66 Å². The van der Waals surface area contributed by atoms with Crippen LogP contribution in [0.3, 0.4) is 0 Å². The normalized spacial score (nSPS) is 20.7. The third kappa shape index (κ3) is 3.96. The fourth-order valence-electron chi connectivity index (χ4n) is 4.05. The standard InChI is InChI=1S/C21H25N3O3/c25-24(26)18-9-10-20(22-11-4-5-12-22)19(15-18)21-23(13-6-14-27-21)16-17-7-2-1-3-8-17/h1-3,7-10,15,21H,4-6,11-14,16H2/t21-/m0/s1. The molecule has 142 valence electrons. The lowest BCUT2D eigenvalue weighted by molar-refractivity contribution is -0.385. The predicted molar refractivity (Wildman–Crippen MR) is 105 cm³/mol. The Morgan fingerprint density at radius 2 is 1.81 bits per heavy atom. The molecule has 0 amide bonds. The Balaban J connectivity index is 1.69. The molecule has 2 heterocycles. The number of anilines is 1. The molecule has 6 heteroatoms. The van der Waals surface area contributed by atoms with Crippen LogP contribution in [0.15, 0.2) is 48.5 Å². The maximum atomic E-state index is 11.4. The van der Waals surface area contributed by atoms with Crippen LogP contribution in [0.5, 0.6) is 0 Å². The van der Waals surface area contributed by atoms with Crippen molar-refractivity contribution in [3.8, 4) is 0 Å². The number of hydrogen-bond acceptors (Lipinski definition) is 5. The first kappa shape index (κ1) is 17.9. The molecule has 1 atom stereocenters. The zero-order valence-corrected chi connectivity index (χ0v) is 15.4. The van der Waals surface area contributed by atoms with Gasteiger partial charge in [-0.3, -0.25) is 15.0 Å². The quantitative estimate of drug-likeness (QED) is 0.588. The number of non-ortho nitro benzene ring substituents is 1. The Hall–Kier alpha value is -2.44. The van der Waals surface area contributed by atoms with Crippen LogP contribution in [0.1, 0.15) is 36.6 Å². The van der Waals surface area contributed by atoms with E-state index < -0.39 is 0 Å². The van der Waals surface area contributed by atoms with Gasteiger partial charge in [0.1, 0.15) is 6.23 Å². The molecule has 2 aliphatic heterocycles. The molecule has 27 heavy (non-hydrogen) atoms. The first-order valence-corrected chi connectivity index (χ1v) is 9.65. The summed E-state index contributed by atoms with van der Waals surface area (Å²) in [6.45, 7) is 4.36. The number of hydrogen-bond donors (Lipinski definition) is 0. The SMILES string of the molecule is O=[N+]([O-])c1ccc(N2CCCC2)c([C@@H]2OCCCN2Cc2ccccc2)c1. The van der Waals surface area contributed by atoms with Crippen LogP contribution < -0.4 is 4.90 Å². The third-order valence-corrected chi connectivity index (χ3v) is 5.36. The summed E-state index contributed by atoms with van der Waals surface area (Å²) in [5, 5.41) is 11.4. The largest absolute Gasteiger partial charge is 0.371 e. The molecule has 0 N–H and O–H groups in total. The van der Waals surface area contributed by atoms with E-state index in [1.807, 2.05) is 24.3 Å². The lowest BCUT2D eigenvalue weighted by atomic mass is 10.1. The second-order valence-electron chi connectivity index (χ2n) is 7.23. The van der Waals surface area contributed by atoms with Crippen LogP contribution >= 0.6 is 0 Å². The van der Waals surface area contributed by atoms with Crippen molar-refractivity contribution >= 4 is 11.4 Å². The van der Waals surface area contributed by atoms with Gasteiger partial charge in [0.05, 0.1) is 11.5 Å². The monoisotopic (exact) mass is 367 g/mol. The average molecular weight is 367 g/mol.